The average Bonchev–Trinajstić information content (AvgIpc) is 3.15. The summed E-state index contributed by atoms with van der Waals surface area (Å²) in [5.41, 5.74) is 5.14. The number of methoxy groups -OCH3 is 1. The maximum Gasteiger partial charge on any atom is 0.166 e. The van der Waals surface area contributed by atoms with Gasteiger partial charge >= 0.3 is 0 Å². The third-order valence-corrected chi connectivity index (χ3v) is 5.68. The number of ether oxygens (including phenoxy) is 1. The monoisotopic (exact) mass is 403 g/mol. The van der Waals surface area contributed by atoms with Crippen molar-refractivity contribution in [1.82, 2.24) is 14.6 Å². The van der Waals surface area contributed by atoms with Crippen LogP contribution in [0.4, 0.5) is 0 Å². The number of nitrogens with zero attached hydrogens (tertiary/aromatic N) is 3. The van der Waals surface area contributed by atoms with Gasteiger partial charge in [-0.1, -0.05) is 35.9 Å². The normalized spacial score (nSPS) is 16.1. The summed E-state index contributed by atoms with van der Waals surface area (Å²) in [4.78, 5) is 17.7. The minimum absolute atomic E-state index is 0.0758. The number of ketones is 1. The lowest BCUT2D eigenvalue weighted by Crippen LogP contribution is -2.21. The van der Waals surface area contributed by atoms with Crippen LogP contribution >= 0.6 is 11.6 Å². The van der Waals surface area contributed by atoms with Crippen LogP contribution in [0.15, 0.2) is 60.9 Å². The summed E-state index contributed by atoms with van der Waals surface area (Å²) in [6, 6.07) is 15.5. The smallest absolute Gasteiger partial charge is 0.166 e. The van der Waals surface area contributed by atoms with E-state index in [2.05, 4.69) is 5.10 Å². The summed E-state index contributed by atoms with van der Waals surface area (Å²) >= 11 is 6.16. The highest BCUT2D eigenvalue weighted by atomic mass is 35.5. The van der Waals surface area contributed by atoms with Crippen LogP contribution in [0.25, 0.3) is 16.8 Å². The van der Waals surface area contributed by atoms with Crippen LogP contribution in [0.1, 0.15) is 34.0 Å². The van der Waals surface area contributed by atoms with Crippen LogP contribution in [0.3, 0.4) is 0 Å². The zero-order valence-corrected chi connectivity index (χ0v) is 16.6. The molecule has 1 unspecified atom stereocenters. The van der Waals surface area contributed by atoms with E-state index >= 15 is 0 Å². The molecule has 0 fully saturated rings. The van der Waals surface area contributed by atoms with Crippen molar-refractivity contribution < 1.29 is 9.53 Å². The highest BCUT2D eigenvalue weighted by Crippen LogP contribution is 2.34. The minimum atomic E-state index is 0.0758. The Hall–Kier alpha value is -3.18. The Kier molecular flexibility index (Phi) is 4.32. The Morgan fingerprint density at radius 3 is 2.79 bits per heavy atom. The molecule has 1 atom stereocenters. The van der Waals surface area contributed by atoms with Crippen LogP contribution in [0.5, 0.6) is 5.75 Å². The molecule has 2 aromatic carbocycles. The van der Waals surface area contributed by atoms with Gasteiger partial charge in [0.2, 0.25) is 0 Å². The number of halogens is 1. The molecular weight excluding hydrogens is 386 g/mol. The lowest BCUT2D eigenvalue weighted by atomic mass is 9.82. The van der Waals surface area contributed by atoms with Gasteiger partial charge in [0.05, 0.1) is 24.6 Å². The number of fused-ring (bicyclic) bond motifs is 2. The third-order valence-electron chi connectivity index (χ3n) is 5.45. The summed E-state index contributed by atoms with van der Waals surface area (Å²) in [5.74, 6) is 0.937. The lowest BCUT2D eigenvalue weighted by Gasteiger charge is -2.23. The van der Waals surface area contributed by atoms with E-state index in [-0.39, 0.29) is 11.7 Å². The van der Waals surface area contributed by atoms with Crippen LogP contribution < -0.4 is 4.74 Å². The fraction of sp³-hybridized carbons (Fsp3) is 0.174. The first-order chi connectivity index (χ1) is 14.1. The van der Waals surface area contributed by atoms with E-state index in [1.165, 1.54) is 0 Å². The number of Topliss-reactive ketones (excluding diaryl/α,β-unsaturated/α-hetero) is 1. The summed E-state index contributed by atoms with van der Waals surface area (Å²) in [6.45, 7) is 0. The van der Waals surface area contributed by atoms with Crippen molar-refractivity contribution in [2.24, 2.45) is 0 Å². The number of hydrogen-bond donors (Lipinski definition) is 0. The van der Waals surface area contributed by atoms with Gasteiger partial charge in [0.25, 0.3) is 0 Å². The van der Waals surface area contributed by atoms with Crippen molar-refractivity contribution in [2.75, 3.05) is 7.11 Å². The number of benzene rings is 2. The Balaban J connectivity index is 1.59. The van der Waals surface area contributed by atoms with Crippen molar-refractivity contribution in [3.05, 3.63) is 82.8 Å². The van der Waals surface area contributed by atoms with Crippen molar-refractivity contribution in [3.8, 4) is 16.9 Å². The summed E-state index contributed by atoms with van der Waals surface area (Å²) in [6.07, 6.45) is 4.73. The van der Waals surface area contributed by atoms with Crippen LogP contribution in [-0.2, 0) is 6.42 Å². The Bertz CT molecular complexity index is 1250. The fourth-order valence-electron chi connectivity index (χ4n) is 3.96. The number of carbonyl (C=O) groups excluding carboxylic acids is 1. The summed E-state index contributed by atoms with van der Waals surface area (Å²) < 4.78 is 7.02. The van der Waals surface area contributed by atoms with E-state index in [1.54, 1.807) is 24.0 Å². The number of hydrogen-bond acceptors (Lipinski definition) is 4. The SMILES string of the molecule is COc1cccc(-c2cnn3cc4c(nc23)CC(c2cccc(Cl)c2)CC4=O)c1. The predicted octanol–water partition coefficient (Wildman–Crippen LogP) is 4.97. The van der Waals surface area contributed by atoms with Gasteiger partial charge in [-0.2, -0.15) is 5.10 Å². The molecular formula is C23H18ClN3O2. The largest absolute Gasteiger partial charge is 0.497 e. The quantitative estimate of drug-likeness (QED) is 0.484. The van der Waals surface area contributed by atoms with Gasteiger partial charge in [0.15, 0.2) is 11.4 Å². The molecule has 5 rings (SSSR count). The minimum Gasteiger partial charge on any atom is -0.497 e. The first kappa shape index (κ1) is 17.9. The molecule has 4 aromatic rings. The van der Waals surface area contributed by atoms with Gasteiger partial charge in [0, 0.05) is 23.2 Å². The van der Waals surface area contributed by atoms with Gasteiger partial charge in [-0.15, -0.1) is 0 Å². The molecule has 0 radical (unpaired) electrons. The molecule has 1 aliphatic rings. The zero-order valence-electron chi connectivity index (χ0n) is 15.8. The van der Waals surface area contributed by atoms with E-state index in [0.29, 0.717) is 23.4 Å². The van der Waals surface area contributed by atoms with Crippen molar-refractivity contribution >= 4 is 23.0 Å². The molecule has 0 saturated heterocycles. The van der Waals surface area contributed by atoms with Gasteiger partial charge in [0.1, 0.15) is 5.75 Å². The average molecular weight is 404 g/mol. The fourth-order valence-corrected chi connectivity index (χ4v) is 4.16. The molecule has 2 aromatic heterocycles. The van der Waals surface area contributed by atoms with Crippen LogP contribution in [0, 0.1) is 0 Å². The number of aromatic nitrogens is 3. The first-order valence-electron chi connectivity index (χ1n) is 9.43. The number of carbonyl (C=O) groups is 1. The van der Waals surface area contributed by atoms with Gasteiger partial charge in [-0.05, 0) is 47.7 Å². The van der Waals surface area contributed by atoms with E-state index in [0.717, 1.165) is 33.8 Å². The highest BCUT2D eigenvalue weighted by molar-refractivity contribution is 6.30. The van der Waals surface area contributed by atoms with Crippen molar-refractivity contribution in [3.63, 3.8) is 0 Å². The van der Waals surface area contributed by atoms with Crippen LogP contribution in [-0.4, -0.2) is 27.5 Å². The van der Waals surface area contributed by atoms with Crippen LogP contribution in [0.2, 0.25) is 5.02 Å². The van der Waals surface area contributed by atoms with Crippen molar-refractivity contribution in [1.29, 1.82) is 0 Å². The molecule has 0 saturated carbocycles. The second-order valence-electron chi connectivity index (χ2n) is 7.24. The number of rotatable bonds is 3. The van der Waals surface area contributed by atoms with Crippen molar-refractivity contribution in [2.45, 2.75) is 18.8 Å². The van der Waals surface area contributed by atoms with E-state index in [1.807, 2.05) is 48.5 Å². The maximum atomic E-state index is 12.8. The zero-order chi connectivity index (χ0) is 20.0. The van der Waals surface area contributed by atoms with Gasteiger partial charge in [-0.25, -0.2) is 9.50 Å². The second kappa shape index (κ2) is 7.01. The van der Waals surface area contributed by atoms with Gasteiger partial charge < -0.3 is 4.74 Å². The van der Waals surface area contributed by atoms with E-state index in [9.17, 15) is 4.79 Å². The summed E-state index contributed by atoms with van der Waals surface area (Å²) in [7, 11) is 1.64. The second-order valence-corrected chi connectivity index (χ2v) is 7.68. The molecule has 144 valence electrons. The molecule has 0 amide bonds. The first-order valence-corrected chi connectivity index (χ1v) is 9.80. The maximum absolute atomic E-state index is 12.8. The topological polar surface area (TPSA) is 56.5 Å². The molecule has 2 heterocycles. The van der Waals surface area contributed by atoms with E-state index in [4.69, 9.17) is 21.3 Å². The predicted molar refractivity (Wildman–Crippen MR) is 112 cm³/mol. The molecule has 5 nitrogen and oxygen atoms in total. The Labute approximate surface area is 172 Å². The molecule has 0 N–H and O–H groups in total. The van der Waals surface area contributed by atoms with E-state index < -0.39 is 0 Å². The Morgan fingerprint density at radius 1 is 1.10 bits per heavy atom. The highest BCUT2D eigenvalue weighted by Gasteiger charge is 2.29. The van der Waals surface area contributed by atoms with Gasteiger partial charge in [-0.3, -0.25) is 4.79 Å². The summed E-state index contributed by atoms with van der Waals surface area (Å²) in [5, 5.41) is 5.11. The molecule has 0 bridgehead atoms. The Morgan fingerprint density at radius 2 is 1.97 bits per heavy atom. The molecule has 0 spiro atoms. The molecule has 1 aliphatic carbocycles. The molecule has 6 heteroatoms. The molecule has 0 aliphatic heterocycles. The molecule has 29 heavy (non-hydrogen) atoms. The third kappa shape index (κ3) is 3.17. The standard InChI is InChI=1S/C23H18ClN3O2/c1-29-18-7-3-5-15(9-18)19-12-25-27-13-20-21(26-23(19)27)10-16(11-22(20)28)14-4-2-6-17(24)8-14/h2-9,12-13,16H,10-11H2,1H3. The lowest BCUT2D eigenvalue weighted by molar-refractivity contribution is 0.0962.